The third-order valence-electron chi connectivity index (χ3n) is 2.55. The Balaban J connectivity index is 2.03. The first-order valence-electron chi connectivity index (χ1n) is 5.56. The van der Waals surface area contributed by atoms with Crippen LogP contribution in [0, 0.1) is 0 Å². The fraction of sp³-hybridized carbons (Fsp3) is 0.364. The number of pyridine rings is 1. The van der Waals surface area contributed by atoms with Gasteiger partial charge in [0, 0.05) is 24.8 Å². The number of amides is 2. The Morgan fingerprint density at radius 2 is 2.11 bits per heavy atom. The van der Waals surface area contributed by atoms with Gasteiger partial charge in [-0.05, 0) is 12.1 Å². The van der Waals surface area contributed by atoms with E-state index in [-0.39, 0.29) is 17.2 Å². The Morgan fingerprint density at radius 1 is 1.39 bits per heavy atom. The van der Waals surface area contributed by atoms with E-state index in [1.54, 1.807) is 5.01 Å². The van der Waals surface area contributed by atoms with Crippen LogP contribution in [0.1, 0.15) is 20.8 Å². The molecule has 1 saturated heterocycles. The molecule has 1 aliphatic heterocycles. The van der Waals surface area contributed by atoms with Gasteiger partial charge in [0.2, 0.25) is 5.91 Å². The van der Waals surface area contributed by atoms with Crippen LogP contribution in [0.5, 0.6) is 0 Å². The Labute approximate surface area is 104 Å². The standard InChI is InChI=1S/C11H14N4O3/c12-10(16)8-1-2-13-9(7-8)11(17)14-15-3-5-18-6-4-15/h1-2,7H,3-6H2,(H2,12,16)(H,14,17). The highest BCUT2D eigenvalue weighted by atomic mass is 16.5. The van der Waals surface area contributed by atoms with E-state index in [0.29, 0.717) is 26.3 Å². The average molecular weight is 250 g/mol. The van der Waals surface area contributed by atoms with Crippen molar-refractivity contribution in [3.63, 3.8) is 0 Å². The summed E-state index contributed by atoms with van der Waals surface area (Å²) in [5.41, 5.74) is 8.27. The molecule has 1 aromatic heterocycles. The summed E-state index contributed by atoms with van der Waals surface area (Å²) in [6.07, 6.45) is 1.38. The molecule has 0 unspecified atom stereocenters. The lowest BCUT2D eigenvalue weighted by molar-refractivity contribution is 0.0124. The number of hydrogen-bond acceptors (Lipinski definition) is 5. The summed E-state index contributed by atoms with van der Waals surface area (Å²) < 4.78 is 5.17. The smallest absolute Gasteiger partial charge is 0.284 e. The molecule has 0 atom stereocenters. The van der Waals surface area contributed by atoms with Gasteiger partial charge in [-0.15, -0.1) is 0 Å². The largest absolute Gasteiger partial charge is 0.379 e. The van der Waals surface area contributed by atoms with Gasteiger partial charge in [-0.1, -0.05) is 0 Å². The first-order valence-corrected chi connectivity index (χ1v) is 5.56. The molecule has 7 nitrogen and oxygen atoms in total. The van der Waals surface area contributed by atoms with E-state index in [2.05, 4.69) is 10.4 Å². The fourth-order valence-electron chi connectivity index (χ4n) is 1.58. The highest BCUT2D eigenvalue weighted by Crippen LogP contribution is 2.02. The Morgan fingerprint density at radius 3 is 2.78 bits per heavy atom. The second-order valence-electron chi connectivity index (χ2n) is 3.83. The zero-order valence-corrected chi connectivity index (χ0v) is 9.76. The number of hydrogen-bond donors (Lipinski definition) is 2. The maximum absolute atomic E-state index is 11.9. The zero-order chi connectivity index (χ0) is 13.0. The van der Waals surface area contributed by atoms with Crippen molar-refractivity contribution in [2.75, 3.05) is 26.3 Å². The number of carbonyl (C=O) groups excluding carboxylic acids is 2. The minimum Gasteiger partial charge on any atom is -0.379 e. The number of nitrogens with zero attached hydrogens (tertiary/aromatic N) is 2. The summed E-state index contributed by atoms with van der Waals surface area (Å²) in [6.45, 7) is 2.41. The highest BCUT2D eigenvalue weighted by Gasteiger charge is 2.15. The van der Waals surface area contributed by atoms with Crippen molar-refractivity contribution >= 4 is 11.8 Å². The van der Waals surface area contributed by atoms with Crippen LogP contribution in [0.4, 0.5) is 0 Å². The Hall–Kier alpha value is -1.99. The summed E-state index contributed by atoms with van der Waals surface area (Å²) in [6, 6.07) is 2.84. The topological polar surface area (TPSA) is 97.6 Å². The second-order valence-corrected chi connectivity index (χ2v) is 3.83. The van der Waals surface area contributed by atoms with E-state index in [1.165, 1.54) is 18.3 Å². The first kappa shape index (κ1) is 12.5. The van der Waals surface area contributed by atoms with E-state index in [4.69, 9.17) is 10.5 Å². The second kappa shape index (κ2) is 5.56. The molecule has 7 heteroatoms. The van der Waals surface area contributed by atoms with Crippen LogP contribution in [0.3, 0.4) is 0 Å². The molecule has 2 rings (SSSR count). The molecule has 0 aromatic carbocycles. The van der Waals surface area contributed by atoms with E-state index in [0.717, 1.165) is 0 Å². The van der Waals surface area contributed by atoms with Crippen molar-refractivity contribution in [1.82, 2.24) is 15.4 Å². The molecule has 1 aromatic rings. The van der Waals surface area contributed by atoms with E-state index in [1.807, 2.05) is 0 Å². The maximum Gasteiger partial charge on any atom is 0.284 e. The third-order valence-corrected chi connectivity index (χ3v) is 2.55. The molecule has 0 bridgehead atoms. The Bertz CT molecular complexity index is 457. The van der Waals surface area contributed by atoms with Gasteiger partial charge in [0.25, 0.3) is 5.91 Å². The highest BCUT2D eigenvalue weighted by molar-refractivity contribution is 5.97. The molecule has 3 N–H and O–H groups in total. The van der Waals surface area contributed by atoms with E-state index in [9.17, 15) is 9.59 Å². The van der Waals surface area contributed by atoms with Crippen molar-refractivity contribution < 1.29 is 14.3 Å². The number of primary amides is 1. The molecular weight excluding hydrogens is 236 g/mol. The summed E-state index contributed by atoms with van der Waals surface area (Å²) in [5.74, 6) is -0.946. The van der Waals surface area contributed by atoms with E-state index >= 15 is 0 Å². The monoisotopic (exact) mass is 250 g/mol. The molecule has 2 amide bonds. The number of nitrogens with one attached hydrogen (secondary N) is 1. The van der Waals surface area contributed by atoms with Crippen LogP contribution < -0.4 is 11.2 Å². The SMILES string of the molecule is NC(=O)c1ccnc(C(=O)NN2CCOCC2)c1. The van der Waals surface area contributed by atoms with Crippen LogP contribution in [-0.2, 0) is 4.74 Å². The van der Waals surface area contributed by atoms with Gasteiger partial charge in [0.1, 0.15) is 5.69 Å². The van der Waals surface area contributed by atoms with E-state index < -0.39 is 5.91 Å². The van der Waals surface area contributed by atoms with Gasteiger partial charge >= 0.3 is 0 Å². The van der Waals surface area contributed by atoms with Crippen LogP contribution in [0.2, 0.25) is 0 Å². The number of nitrogens with two attached hydrogens (primary N) is 1. The number of aromatic nitrogens is 1. The molecule has 96 valence electrons. The molecular formula is C11H14N4O3. The van der Waals surface area contributed by atoms with Gasteiger partial charge in [-0.25, -0.2) is 5.01 Å². The summed E-state index contributed by atoms with van der Waals surface area (Å²) in [5, 5.41) is 1.75. The summed E-state index contributed by atoms with van der Waals surface area (Å²) in [7, 11) is 0. The quantitative estimate of drug-likeness (QED) is 0.728. The van der Waals surface area contributed by atoms with Crippen LogP contribution in [-0.4, -0.2) is 48.1 Å². The minimum atomic E-state index is -0.585. The predicted molar refractivity (Wildman–Crippen MR) is 62.6 cm³/mol. The molecule has 0 spiro atoms. The minimum absolute atomic E-state index is 0.165. The predicted octanol–water partition coefficient (Wildman–Crippen LogP) is -0.842. The van der Waals surface area contributed by atoms with Crippen molar-refractivity contribution in [2.45, 2.75) is 0 Å². The summed E-state index contributed by atoms with van der Waals surface area (Å²) in [4.78, 5) is 26.8. The summed E-state index contributed by atoms with van der Waals surface area (Å²) >= 11 is 0. The van der Waals surface area contributed by atoms with Crippen molar-refractivity contribution in [3.8, 4) is 0 Å². The number of morpholine rings is 1. The molecule has 0 aliphatic carbocycles. The maximum atomic E-state index is 11.9. The normalized spacial score (nSPS) is 16.2. The van der Waals surface area contributed by atoms with Crippen molar-refractivity contribution in [1.29, 1.82) is 0 Å². The van der Waals surface area contributed by atoms with Gasteiger partial charge in [0.15, 0.2) is 0 Å². The lowest BCUT2D eigenvalue weighted by atomic mass is 10.2. The molecule has 0 saturated carbocycles. The molecule has 1 fully saturated rings. The number of ether oxygens (including phenoxy) is 1. The van der Waals surface area contributed by atoms with Gasteiger partial charge in [-0.2, -0.15) is 0 Å². The van der Waals surface area contributed by atoms with Gasteiger partial charge < -0.3 is 10.5 Å². The van der Waals surface area contributed by atoms with Crippen LogP contribution >= 0.6 is 0 Å². The fourth-order valence-corrected chi connectivity index (χ4v) is 1.58. The van der Waals surface area contributed by atoms with Crippen molar-refractivity contribution in [2.24, 2.45) is 5.73 Å². The number of rotatable bonds is 3. The van der Waals surface area contributed by atoms with Crippen LogP contribution in [0.25, 0.3) is 0 Å². The molecule has 2 heterocycles. The average Bonchev–Trinajstić information content (AvgIpc) is 2.40. The molecule has 1 aliphatic rings. The third kappa shape index (κ3) is 3.02. The van der Waals surface area contributed by atoms with Gasteiger partial charge in [0.05, 0.1) is 13.2 Å². The van der Waals surface area contributed by atoms with Gasteiger partial charge in [-0.3, -0.25) is 20.0 Å². The zero-order valence-electron chi connectivity index (χ0n) is 9.76. The van der Waals surface area contributed by atoms with Crippen LogP contribution in [0.15, 0.2) is 18.3 Å². The lowest BCUT2D eigenvalue weighted by Gasteiger charge is -2.26. The number of carbonyl (C=O) groups is 2. The molecule has 18 heavy (non-hydrogen) atoms. The molecule has 0 radical (unpaired) electrons. The lowest BCUT2D eigenvalue weighted by Crippen LogP contribution is -2.48. The Kier molecular flexibility index (Phi) is 3.85. The first-order chi connectivity index (χ1) is 8.66. The van der Waals surface area contributed by atoms with Crippen molar-refractivity contribution in [3.05, 3.63) is 29.6 Å². The number of hydrazine groups is 1.